The zero-order valence-corrected chi connectivity index (χ0v) is 15.0. The molecule has 0 bridgehead atoms. The summed E-state index contributed by atoms with van der Waals surface area (Å²) in [6.45, 7) is 0.383. The molecule has 0 aliphatic carbocycles. The Bertz CT molecular complexity index is 997. The Hall–Kier alpha value is -2.95. The first kappa shape index (κ1) is 17.9. The number of thiazole rings is 1. The number of carbonyl (C=O) groups excluding carboxylic acids is 1. The SMILES string of the molecule is N#Cc1cnc(-c2nc(CC(=O)NCc3cccc(Cl)c3)cs2)c(O)c1. The third-order valence-electron chi connectivity index (χ3n) is 3.47. The van der Waals surface area contributed by atoms with Crippen molar-refractivity contribution in [2.75, 3.05) is 0 Å². The van der Waals surface area contributed by atoms with Crippen molar-refractivity contribution in [2.45, 2.75) is 13.0 Å². The number of hydrogen-bond acceptors (Lipinski definition) is 6. The lowest BCUT2D eigenvalue weighted by atomic mass is 10.2. The maximum absolute atomic E-state index is 12.1. The highest BCUT2D eigenvalue weighted by atomic mass is 35.5. The minimum atomic E-state index is -0.168. The number of pyridine rings is 1. The molecular weight excluding hydrogens is 372 g/mol. The Labute approximate surface area is 158 Å². The average molecular weight is 385 g/mol. The Morgan fingerprint density at radius 1 is 1.38 bits per heavy atom. The fourth-order valence-corrected chi connectivity index (χ4v) is 3.29. The van der Waals surface area contributed by atoms with Gasteiger partial charge in [-0.05, 0) is 17.7 Å². The van der Waals surface area contributed by atoms with E-state index in [1.807, 2.05) is 18.2 Å². The van der Waals surface area contributed by atoms with Crippen molar-refractivity contribution in [3.05, 3.63) is 63.8 Å². The van der Waals surface area contributed by atoms with Crippen LogP contribution in [0.15, 0.2) is 41.9 Å². The molecule has 0 unspecified atom stereocenters. The molecule has 0 spiro atoms. The van der Waals surface area contributed by atoms with Crippen molar-refractivity contribution in [3.63, 3.8) is 0 Å². The number of nitrogens with zero attached hydrogens (tertiary/aromatic N) is 3. The molecule has 8 heteroatoms. The molecule has 6 nitrogen and oxygen atoms in total. The number of aromatic nitrogens is 2. The van der Waals surface area contributed by atoms with Crippen LogP contribution in [0.4, 0.5) is 0 Å². The normalized spacial score (nSPS) is 10.3. The minimum absolute atomic E-state index is 0.115. The van der Waals surface area contributed by atoms with Crippen LogP contribution in [0.25, 0.3) is 10.7 Å². The summed E-state index contributed by atoms with van der Waals surface area (Å²) in [4.78, 5) is 20.5. The zero-order chi connectivity index (χ0) is 18.5. The molecule has 1 amide bonds. The molecule has 26 heavy (non-hydrogen) atoms. The second kappa shape index (κ2) is 7.95. The van der Waals surface area contributed by atoms with Crippen LogP contribution in [-0.4, -0.2) is 21.0 Å². The molecule has 0 radical (unpaired) electrons. The molecule has 2 aromatic heterocycles. The van der Waals surface area contributed by atoms with Gasteiger partial charge in [0.05, 0.1) is 17.7 Å². The summed E-state index contributed by atoms with van der Waals surface area (Å²) in [6.07, 6.45) is 1.49. The summed E-state index contributed by atoms with van der Waals surface area (Å²) in [5.41, 5.74) is 2.05. The van der Waals surface area contributed by atoms with Crippen LogP contribution in [0.1, 0.15) is 16.8 Å². The van der Waals surface area contributed by atoms with Crippen molar-refractivity contribution >= 4 is 28.8 Å². The number of nitrogens with one attached hydrogen (secondary N) is 1. The maximum atomic E-state index is 12.1. The van der Waals surface area contributed by atoms with Crippen molar-refractivity contribution < 1.29 is 9.90 Å². The molecule has 0 aliphatic rings. The Kier molecular flexibility index (Phi) is 5.46. The third kappa shape index (κ3) is 4.36. The first-order valence-corrected chi connectivity index (χ1v) is 8.86. The second-order valence-corrected chi connectivity index (χ2v) is 6.73. The minimum Gasteiger partial charge on any atom is -0.506 e. The topological polar surface area (TPSA) is 98.9 Å². The zero-order valence-electron chi connectivity index (χ0n) is 13.4. The van der Waals surface area contributed by atoms with Gasteiger partial charge in [0.15, 0.2) is 0 Å². The maximum Gasteiger partial charge on any atom is 0.226 e. The molecule has 0 atom stereocenters. The largest absolute Gasteiger partial charge is 0.506 e. The summed E-state index contributed by atoms with van der Waals surface area (Å²) < 4.78 is 0. The van der Waals surface area contributed by atoms with Gasteiger partial charge in [-0.1, -0.05) is 23.7 Å². The standard InChI is InChI=1S/C18H13ClN4O2S/c19-13-3-1-2-11(4-13)8-21-16(25)6-14-10-26-18(23-14)17-15(24)5-12(7-20)9-22-17/h1-5,9-10,24H,6,8H2,(H,21,25). The first-order chi connectivity index (χ1) is 12.5. The van der Waals surface area contributed by atoms with Crippen LogP contribution in [0.2, 0.25) is 5.02 Å². The molecule has 3 rings (SSSR count). The summed E-state index contributed by atoms with van der Waals surface area (Å²) in [5, 5.41) is 24.4. The lowest BCUT2D eigenvalue weighted by Crippen LogP contribution is -2.24. The molecule has 0 aliphatic heterocycles. The van der Waals surface area contributed by atoms with E-state index in [0.29, 0.717) is 28.0 Å². The molecule has 0 saturated heterocycles. The van der Waals surface area contributed by atoms with E-state index < -0.39 is 0 Å². The first-order valence-electron chi connectivity index (χ1n) is 7.60. The Balaban J connectivity index is 1.63. The van der Waals surface area contributed by atoms with E-state index in [-0.39, 0.29) is 23.6 Å². The van der Waals surface area contributed by atoms with Crippen molar-refractivity contribution in [3.8, 4) is 22.5 Å². The van der Waals surface area contributed by atoms with Gasteiger partial charge in [-0.2, -0.15) is 5.26 Å². The van der Waals surface area contributed by atoms with Gasteiger partial charge in [0.1, 0.15) is 22.5 Å². The van der Waals surface area contributed by atoms with Crippen LogP contribution in [0.3, 0.4) is 0 Å². The van der Waals surface area contributed by atoms with E-state index in [0.717, 1.165) is 5.56 Å². The number of rotatable bonds is 5. The number of benzene rings is 1. The van der Waals surface area contributed by atoms with Gasteiger partial charge in [-0.3, -0.25) is 4.79 Å². The van der Waals surface area contributed by atoms with Gasteiger partial charge in [-0.25, -0.2) is 9.97 Å². The molecule has 1 aromatic carbocycles. The highest BCUT2D eigenvalue weighted by Crippen LogP contribution is 2.30. The van der Waals surface area contributed by atoms with E-state index in [2.05, 4.69) is 15.3 Å². The average Bonchev–Trinajstić information content (AvgIpc) is 3.08. The molecular formula is C18H13ClN4O2S. The summed E-state index contributed by atoms with van der Waals surface area (Å²) in [5.74, 6) is -0.283. The fourth-order valence-electron chi connectivity index (χ4n) is 2.25. The lowest BCUT2D eigenvalue weighted by Gasteiger charge is -2.04. The predicted octanol–water partition coefficient (Wildman–Crippen LogP) is 3.29. The van der Waals surface area contributed by atoms with Crippen molar-refractivity contribution in [1.82, 2.24) is 15.3 Å². The lowest BCUT2D eigenvalue weighted by molar-refractivity contribution is -0.120. The predicted molar refractivity (Wildman–Crippen MR) is 98.7 cm³/mol. The van der Waals surface area contributed by atoms with Crippen molar-refractivity contribution in [1.29, 1.82) is 5.26 Å². The highest BCUT2D eigenvalue weighted by molar-refractivity contribution is 7.13. The van der Waals surface area contributed by atoms with E-state index in [9.17, 15) is 9.90 Å². The fraction of sp³-hybridized carbons (Fsp3) is 0.111. The number of aromatic hydroxyl groups is 1. The van der Waals surface area contributed by atoms with E-state index in [4.69, 9.17) is 16.9 Å². The molecule has 0 saturated carbocycles. The monoisotopic (exact) mass is 384 g/mol. The molecule has 2 heterocycles. The summed E-state index contributed by atoms with van der Waals surface area (Å²) in [7, 11) is 0. The van der Waals surface area contributed by atoms with Gasteiger partial charge in [0, 0.05) is 29.2 Å². The Morgan fingerprint density at radius 3 is 2.96 bits per heavy atom. The van der Waals surface area contributed by atoms with Gasteiger partial charge >= 0.3 is 0 Å². The van der Waals surface area contributed by atoms with E-state index in [1.165, 1.54) is 23.6 Å². The Morgan fingerprint density at radius 2 is 2.23 bits per heavy atom. The number of nitriles is 1. The van der Waals surface area contributed by atoms with Crippen LogP contribution in [-0.2, 0) is 17.8 Å². The number of carbonyl (C=O) groups is 1. The molecule has 0 fully saturated rings. The highest BCUT2D eigenvalue weighted by Gasteiger charge is 2.13. The summed E-state index contributed by atoms with van der Waals surface area (Å²) in [6, 6.07) is 10.5. The van der Waals surface area contributed by atoms with Crippen LogP contribution >= 0.6 is 22.9 Å². The molecule has 2 N–H and O–H groups in total. The van der Waals surface area contributed by atoms with Gasteiger partial charge in [0.2, 0.25) is 5.91 Å². The number of hydrogen-bond donors (Lipinski definition) is 2. The van der Waals surface area contributed by atoms with E-state index >= 15 is 0 Å². The second-order valence-electron chi connectivity index (χ2n) is 5.43. The van der Waals surface area contributed by atoms with Crippen LogP contribution in [0, 0.1) is 11.3 Å². The number of halogens is 1. The smallest absolute Gasteiger partial charge is 0.226 e. The van der Waals surface area contributed by atoms with Crippen LogP contribution in [0.5, 0.6) is 5.75 Å². The van der Waals surface area contributed by atoms with Gasteiger partial charge < -0.3 is 10.4 Å². The molecule has 3 aromatic rings. The van der Waals surface area contributed by atoms with Crippen LogP contribution < -0.4 is 5.32 Å². The summed E-state index contributed by atoms with van der Waals surface area (Å²) >= 11 is 7.19. The molecule has 130 valence electrons. The quantitative estimate of drug-likeness (QED) is 0.703. The number of amides is 1. The third-order valence-corrected chi connectivity index (χ3v) is 4.60. The van der Waals surface area contributed by atoms with Crippen molar-refractivity contribution in [2.24, 2.45) is 0 Å². The van der Waals surface area contributed by atoms with Gasteiger partial charge in [0.25, 0.3) is 0 Å². The van der Waals surface area contributed by atoms with E-state index in [1.54, 1.807) is 17.5 Å². The van der Waals surface area contributed by atoms with Gasteiger partial charge in [-0.15, -0.1) is 11.3 Å².